The number of benzene rings is 2. The van der Waals surface area contributed by atoms with Crippen molar-refractivity contribution in [3.05, 3.63) is 63.6 Å². The lowest BCUT2D eigenvalue weighted by molar-refractivity contribution is 0.484. The van der Waals surface area contributed by atoms with Crippen LogP contribution in [-0.2, 0) is 6.67 Å². The molecule has 2 aromatic rings. The summed E-state index contributed by atoms with van der Waals surface area (Å²) in [6, 6.07) is 6.83. The highest BCUT2D eigenvalue weighted by molar-refractivity contribution is 9.13. The van der Waals surface area contributed by atoms with Gasteiger partial charge in [-0.2, -0.15) is 0 Å². The van der Waals surface area contributed by atoms with E-state index in [2.05, 4.69) is 79.6 Å². The summed E-state index contributed by atoms with van der Waals surface area (Å²) >= 11 is 16.1. The lowest BCUT2D eigenvalue weighted by Gasteiger charge is -2.04. The van der Waals surface area contributed by atoms with Crippen LogP contribution in [0, 0.1) is 12.7 Å². The van der Waals surface area contributed by atoms with E-state index < -0.39 is 6.67 Å². The van der Waals surface area contributed by atoms with Crippen molar-refractivity contribution in [1.82, 2.24) is 0 Å². The maximum Gasteiger partial charge on any atom is 0.139 e. The summed E-state index contributed by atoms with van der Waals surface area (Å²) < 4.78 is 28.7. The zero-order valence-corrected chi connectivity index (χ0v) is 18.6. The smallest absolute Gasteiger partial charge is 0.139 e. The van der Waals surface area contributed by atoms with Crippen molar-refractivity contribution in [3.8, 4) is 0 Å². The molecule has 0 atom stereocenters. The highest BCUT2D eigenvalue weighted by Gasteiger charge is 2.09. The Bertz CT molecular complexity index is 617. The van der Waals surface area contributed by atoms with Crippen molar-refractivity contribution in [2.75, 3.05) is 0 Å². The number of hydrogen-bond donors (Lipinski definition) is 0. The van der Waals surface area contributed by atoms with E-state index in [1.54, 1.807) is 6.07 Å². The van der Waals surface area contributed by atoms with Gasteiger partial charge >= 0.3 is 0 Å². The number of rotatable bonds is 1. The molecule has 7 heteroatoms. The lowest BCUT2D eigenvalue weighted by atomic mass is 10.2. The van der Waals surface area contributed by atoms with Crippen LogP contribution >= 0.6 is 79.6 Å². The van der Waals surface area contributed by atoms with Gasteiger partial charge in [-0.15, -0.1) is 0 Å². The molecule has 0 N–H and O–H groups in total. The number of alkyl halides is 1. The molecule has 0 aliphatic carbocycles. The van der Waals surface area contributed by atoms with E-state index >= 15 is 0 Å². The molecule has 2 aromatic carbocycles. The molecule has 0 aliphatic heterocycles. The van der Waals surface area contributed by atoms with Crippen molar-refractivity contribution in [1.29, 1.82) is 0 Å². The van der Waals surface area contributed by atoms with E-state index in [-0.39, 0.29) is 5.82 Å². The van der Waals surface area contributed by atoms with E-state index in [0.29, 0.717) is 10.0 Å². The van der Waals surface area contributed by atoms with Crippen molar-refractivity contribution >= 4 is 79.6 Å². The molecule has 0 aromatic heterocycles. The molecular formula is C14H9Br5F2. The van der Waals surface area contributed by atoms with Gasteiger partial charge in [0.1, 0.15) is 12.5 Å². The molecule has 0 spiro atoms. The monoisotopic (exact) mass is 610 g/mol. The summed E-state index contributed by atoms with van der Waals surface area (Å²) in [5.41, 5.74) is 1.67. The Morgan fingerprint density at radius 3 is 2.05 bits per heavy atom. The van der Waals surface area contributed by atoms with Gasteiger partial charge in [-0.1, -0.05) is 53.9 Å². The average Bonchev–Trinajstić information content (AvgIpc) is 2.44. The molecule has 0 saturated carbocycles. The second kappa shape index (κ2) is 9.11. The fourth-order valence-corrected chi connectivity index (χ4v) is 3.92. The molecule has 0 amide bonds. The summed E-state index contributed by atoms with van der Waals surface area (Å²) in [4.78, 5) is 0. The highest BCUT2D eigenvalue weighted by atomic mass is 79.9. The van der Waals surface area contributed by atoms with Crippen LogP contribution in [0.5, 0.6) is 0 Å². The quantitative estimate of drug-likeness (QED) is 0.225. The van der Waals surface area contributed by atoms with E-state index in [9.17, 15) is 8.78 Å². The Morgan fingerprint density at radius 2 is 1.52 bits per heavy atom. The summed E-state index contributed by atoms with van der Waals surface area (Å²) in [6.07, 6.45) is 0. The first kappa shape index (κ1) is 19.7. The third kappa shape index (κ3) is 5.68. The molecular weight excluding hydrogens is 606 g/mol. The Balaban J connectivity index is 0.000000211. The van der Waals surface area contributed by atoms with Gasteiger partial charge in [0.05, 0.1) is 4.47 Å². The van der Waals surface area contributed by atoms with Gasteiger partial charge < -0.3 is 0 Å². The average molecular weight is 615 g/mol. The molecule has 21 heavy (non-hydrogen) atoms. The van der Waals surface area contributed by atoms with Crippen LogP contribution in [0.15, 0.2) is 46.6 Å². The summed E-state index contributed by atoms with van der Waals surface area (Å²) in [6.45, 7) is 1.48. The Hall–Kier alpha value is 0.700. The third-order valence-electron chi connectivity index (χ3n) is 2.50. The predicted molar refractivity (Wildman–Crippen MR) is 101 cm³/mol. The first-order valence-electron chi connectivity index (χ1n) is 5.57. The van der Waals surface area contributed by atoms with Crippen LogP contribution < -0.4 is 0 Å². The molecule has 0 heterocycles. The van der Waals surface area contributed by atoms with Gasteiger partial charge in [-0.05, 0) is 68.1 Å². The zero-order valence-electron chi connectivity index (χ0n) is 10.7. The van der Waals surface area contributed by atoms with Gasteiger partial charge in [0.15, 0.2) is 0 Å². The summed E-state index contributed by atoms with van der Waals surface area (Å²) in [5, 5.41) is 0. The molecule has 0 unspecified atom stereocenters. The minimum Gasteiger partial charge on any atom is -0.246 e. The largest absolute Gasteiger partial charge is 0.246 e. The molecule has 114 valence electrons. The SMILES string of the molecule is Cc1c(Br)cc(F)c(Br)c1Br.FCc1ccc(Br)cc1Br. The van der Waals surface area contributed by atoms with Crippen LogP contribution in [0.2, 0.25) is 0 Å². The van der Waals surface area contributed by atoms with Gasteiger partial charge in [0.2, 0.25) is 0 Å². The van der Waals surface area contributed by atoms with Gasteiger partial charge in [-0.3, -0.25) is 0 Å². The number of hydrogen-bond acceptors (Lipinski definition) is 0. The van der Waals surface area contributed by atoms with Gasteiger partial charge in [0.25, 0.3) is 0 Å². The second-order valence-corrected chi connectivity index (χ2v) is 8.17. The topological polar surface area (TPSA) is 0 Å². The molecule has 0 radical (unpaired) electrons. The van der Waals surface area contributed by atoms with Crippen molar-refractivity contribution in [2.24, 2.45) is 0 Å². The fraction of sp³-hybridized carbons (Fsp3) is 0.143. The lowest BCUT2D eigenvalue weighted by Crippen LogP contribution is -1.85. The minimum atomic E-state index is -0.423. The van der Waals surface area contributed by atoms with Crippen LogP contribution in [0.4, 0.5) is 8.78 Å². The fourth-order valence-electron chi connectivity index (χ4n) is 1.29. The molecule has 2 rings (SSSR count). The first-order valence-corrected chi connectivity index (χ1v) is 9.54. The second-order valence-electron chi connectivity index (χ2n) is 3.96. The molecule has 0 fully saturated rings. The van der Waals surface area contributed by atoms with Crippen LogP contribution in [-0.4, -0.2) is 0 Å². The zero-order chi connectivity index (χ0) is 16.2. The van der Waals surface area contributed by atoms with E-state index in [0.717, 1.165) is 23.5 Å². The van der Waals surface area contributed by atoms with Crippen molar-refractivity contribution in [3.63, 3.8) is 0 Å². The Kier molecular flexibility index (Phi) is 8.56. The Morgan fingerprint density at radius 1 is 0.905 bits per heavy atom. The van der Waals surface area contributed by atoms with Crippen LogP contribution in [0.3, 0.4) is 0 Å². The highest BCUT2D eigenvalue weighted by Crippen LogP contribution is 2.33. The molecule has 0 saturated heterocycles. The van der Waals surface area contributed by atoms with Crippen LogP contribution in [0.1, 0.15) is 11.1 Å². The van der Waals surface area contributed by atoms with Gasteiger partial charge in [-0.25, -0.2) is 8.78 Å². The third-order valence-corrected chi connectivity index (χ3v) is 6.86. The summed E-state index contributed by atoms with van der Waals surface area (Å²) in [5.74, 6) is -0.269. The molecule has 0 nitrogen and oxygen atoms in total. The normalized spacial score (nSPS) is 10.1. The van der Waals surface area contributed by atoms with Gasteiger partial charge in [0, 0.05) is 17.9 Å². The standard InChI is InChI=1S/C7H4Br3F.C7H5Br2F/c1-3-4(8)2-5(11)7(10)6(3)9;8-6-2-1-5(4-10)7(9)3-6/h2H,1H3;1-3H,4H2. The maximum atomic E-state index is 12.9. The van der Waals surface area contributed by atoms with E-state index in [1.165, 1.54) is 6.07 Å². The maximum absolute atomic E-state index is 12.9. The first-order chi connectivity index (χ1) is 9.77. The van der Waals surface area contributed by atoms with Crippen molar-refractivity contribution < 1.29 is 8.78 Å². The van der Waals surface area contributed by atoms with E-state index in [1.807, 2.05) is 19.1 Å². The Labute approximate surface area is 164 Å². The summed E-state index contributed by atoms with van der Waals surface area (Å²) in [7, 11) is 0. The van der Waals surface area contributed by atoms with E-state index in [4.69, 9.17) is 0 Å². The molecule has 0 aliphatic rings. The number of halogens is 7. The van der Waals surface area contributed by atoms with Crippen molar-refractivity contribution in [2.45, 2.75) is 13.6 Å². The predicted octanol–water partition coefficient (Wildman–Crippen LogP) is 8.10. The minimum absolute atomic E-state index is 0.269. The molecule has 0 bridgehead atoms. The van der Waals surface area contributed by atoms with Crippen LogP contribution in [0.25, 0.3) is 0 Å².